The van der Waals surface area contributed by atoms with Gasteiger partial charge < -0.3 is 9.64 Å². The first-order chi connectivity index (χ1) is 11.5. The van der Waals surface area contributed by atoms with Gasteiger partial charge in [-0.1, -0.05) is 12.1 Å². The molecule has 0 fully saturated rings. The van der Waals surface area contributed by atoms with E-state index in [2.05, 4.69) is 4.98 Å². The van der Waals surface area contributed by atoms with Crippen LogP contribution >= 0.6 is 0 Å². The Labute approximate surface area is 140 Å². The molecule has 1 aromatic carbocycles. The summed E-state index contributed by atoms with van der Waals surface area (Å²) in [5.74, 6) is -0.0779. The third-order valence-corrected chi connectivity index (χ3v) is 3.78. The Hall–Kier alpha value is -2.89. The van der Waals surface area contributed by atoms with E-state index in [9.17, 15) is 9.59 Å². The Bertz CT molecular complexity index is 789. The molecule has 0 radical (unpaired) electrons. The van der Waals surface area contributed by atoms with Gasteiger partial charge in [-0.3, -0.25) is 14.5 Å². The molecule has 0 atom stereocenters. The number of likely N-dealkylation sites (N-methyl/N-ethyl adjacent to an activating group) is 1. The molecule has 1 aliphatic rings. The molecule has 1 aromatic heterocycles. The minimum atomic E-state index is -0.347. The van der Waals surface area contributed by atoms with Gasteiger partial charge in [-0.15, -0.1) is 0 Å². The van der Waals surface area contributed by atoms with E-state index in [1.807, 2.05) is 38.1 Å². The largest absolute Gasteiger partial charge is 0.489 e. The summed E-state index contributed by atoms with van der Waals surface area (Å²) in [6.45, 7) is 3.75. The third kappa shape index (κ3) is 2.82. The molecular weight excluding hydrogens is 306 g/mol. The molecule has 2 aromatic rings. The van der Waals surface area contributed by atoms with Crippen LogP contribution in [0.2, 0.25) is 0 Å². The Balaban J connectivity index is 2.02. The lowest BCUT2D eigenvalue weighted by molar-refractivity contribution is -0.117. The first kappa shape index (κ1) is 16.0. The van der Waals surface area contributed by atoms with Crippen LogP contribution in [0.25, 0.3) is 0 Å². The average Bonchev–Trinajstić information content (AvgIpc) is 2.57. The number of benzene rings is 1. The van der Waals surface area contributed by atoms with Crippen LogP contribution < -0.4 is 14.5 Å². The predicted octanol–water partition coefficient (Wildman–Crippen LogP) is 2.49. The van der Waals surface area contributed by atoms with Gasteiger partial charge in [-0.2, -0.15) is 0 Å². The zero-order chi connectivity index (χ0) is 17.3. The molecule has 0 unspecified atom stereocenters. The highest BCUT2D eigenvalue weighted by atomic mass is 16.5. The lowest BCUT2D eigenvalue weighted by Gasteiger charge is -2.34. The van der Waals surface area contributed by atoms with Gasteiger partial charge in [0.2, 0.25) is 5.91 Å². The molecule has 0 aliphatic carbocycles. The second kappa shape index (κ2) is 6.31. The third-order valence-electron chi connectivity index (χ3n) is 3.78. The van der Waals surface area contributed by atoms with E-state index >= 15 is 0 Å². The SMILES string of the molecule is CC(C)Oc1cccnc1C(=O)N1CC(=O)N(C)c2ccccc21. The number of hydrogen-bond donors (Lipinski definition) is 0. The summed E-state index contributed by atoms with van der Waals surface area (Å²) in [7, 11) is 1.71. The van der Waals surface area contributed by atoms with Gasteiger partial charge in [0.15, 0.2) is 11.4 Å². The van der Waals surface area contributed by atoms with E-state index in [1.165, 1.54) is 4.90 Å². The van der Waals surface area contributed by atoms with Crippen LogP contribution in [-0.2, 0) is 4.79 Å². The molecule has 0 saturated heterocycles. The van der Waals surface area contributed by atoms with Crippen LogP contribution in [-0.4, -0.2) is 36.5 Å². The lowest BCUT2D eigenvalue weighted by Crippen LogP contribution is -2.46. The number of aromatic nitrogens is 1. The topological polar surface area (TPSA) is 62.7 Å². The molecule has 0 N–H and O–H groups in total. The number of anilines is 2. The molecule has 2 amide bonds. The second-order valence-corrected chi connectivity index (χ2v) is 5.85. The van der Waals surface area contributed by atoms with E-state index in [0.717, 1.165) is 0 Å². The fourth-order valence-electron chi connectivity index (χ4n) is 2.65. The van der Waals surface area contributed by atoms with Crippen molar-refractivity contribution in [3.8, 4) is 5.75 Å². The van der Waals surface area contributed by atoms with Gasteiger partial charge >= 0.3 is 0 Å². The van der Waals surface area contributed by atoms with Crippen molar-refractivity contribution in [3.05, 3.63) is 48.3 Å². The number of pyridine rings is 1. The summed E-state index contributed by atoms with van der Waals surface area (Å²) in [4.78, 5) is 32.5. The zero-order valence-electron chi connectivity index (χ0n) is 13.9. The maximum atomic E-state index is 13.0. The molecule has 6 heteroatoms. The summed E-state index contributed by atoms with van der Waals surface area (Å²) >= 11 is 0. The minimum absolute atomic E-state index is 0.0238. The van der Waals surface area contributed by atoms with Crippen molar-refractivity contribution in [2.24, 2.45) is 0 Å². The maximum Gasteiger partial charge on any atom is 0.281 e. The fraction of sp³-hybridized carbons (Fsp3) is 0.278. The van der Waals surface area contributed by atoms with Gasteiger partial charge in [-0.25, -0.2) is 4.98 Å². The van der Waals surface area contributed by atoms with Gasteiger partial charge in [-0.05, 0) is 38.1 Å². The van der Waals surface area contributed by atoms with Gasteiger partial charge in [0, 0.05) is 13.2 Å². The number of ether oxygens (including phenoxy) is 1. The average molecular weight is 325 g/mol. The van der Waals surface area contributed by atoms with Crippen molar-refractivity contribution < 1.29 is 14.3 Å². The number of carbonyl (C=O) groups excluding carboxylic acids is 2. The van der Waals surface area contributed by atoms with Gasteiger partial charge in [0.25, 0.3) is 5.91 Å². The number of fused-ring (bicyclic) bond motifs is 1. The van der Waals surface area contributed by atoms with Crippen LogP contribution in [0.4, 0.5) is 11.4 Å². The molecule has 0 bridgehead atoms. The molecule has 124 valence electrons. The number of amides is 2. The van der Waals surface area contributed by atoms with Crippen molar-refractivity contribution in [2.75, 3.05) is 23.4 Å². The summed E-state index contributed by atoms with van der Waals surface area (Å²) < 4.78 is 5.69. The van der Waals surface area contributed by atoms with Gasteiger partial charge in [0.05, 0.1) is 17.5 Å². The summed E-state index contributed by atoms with van der Waals surface area (Å²) in [5, 5.41) is 0. The lowest BCUT2D eigenvalue weighted by atomic mass is 10.1. The van der Waals surface area contributed by atoms with Crippen molar-refractivity contribution in [3.63, 3.8) is 0 Å². The standard InChI is InChI=1S/C18H19N3O3/c1-12(2)24-15-9-6-10-19-17(15)18(23)21-11-16(22)20(3)13-7-4-5-8-14(13)21/h4-10,12H,11H2,1-3H3. The number of nitrogens with zero attached hydrogens (tertiary/aromatic N) is 3. The highest BCUT2D eigenvalue weighted by molar-refractivity contribution is 6.15. The second-order valence-electron chi connectivity index (χ2n) is 5.85. The van der Waals surface area contributed by atoms with E-state index in [0.29, 0.717) is 17.1 Å². The van der Waals surface area contributed by atoms with Crippen molar-refractivity contribution in [1.82, 2.24) is 4.98 Å². The van der Waals surface area contributed by atoms with Crippen molar-refractivity contribution in [2.45, 2.75) is 20.0 Å². The van der Waals surface area contributed by atoms with Crippen LogP contribution in [0.15, 0.2) is 42.6 Å². The highest BCUT2D eigenvalue weighted by Gasteiger charge is 2.32. The quantitative estimate of drug-likeness (QED) is 0.870. The first-order valence-corrected chi connectivity index (χ1v) is 7.78. The van der Waals surface area contributed by atoms with Crippen LogP contribution in [0.3, 0.4) is 0 Å². The highest BCUT2D eigenvalue weighted by Crippen LogP contribution is 2.34. The van der Waals surface area contributed by atoms with Crippen molar-refractivity contribution in [1.29, 1.82) is 0 Å². The molecule has 2 heterocycles. The maximum absolute atomic E-state index is 13.0. The molecule has 24 heavy (non-hydrogen) atoms. The number of carbonyl (C=O) groups is 2. The molecule has 0 spiro atoms. The molecular formula is C18H19N3O3. The molecule has 3 rings (SSSR count). The Morgan fingerprint density at radius 2 is 1.88 bits per heavy atom. The predicted molar refractivity (Wildman–Crippen MR) is 91.5 cm³/mol. The molecule has 1 aliphatic heterocycles. The van der Waals surface area contributed by atoms with Crippen LogP contribution in [0, 0.1) is 0 Å². The number of rotatable bonds is 3. The normalized spacial score (nSPS) is 13.9. The Morgan fingerprint density at radius 1 is 1.17 bits per heavy atom. The fourth-order valence-corrected chi connectivity index (χ4v) is 2.65. The summed E-state index contributed by atoms with van der Waals surface area (Å²) in [6, 6.07) is 10.7. The summed E-state index contributed by atoms with van der Waals surface area (Å²) in [6.07, 6.45) is 1.46. The number of hydrogen-bond acceptors (Lipinski definition) is 4. The van der Waals surface area contributed by atoms with E-state index in [1.54, 1.807) is 30.3 Å². The Kier molecular flexibility index (Phi) is 4.20. The van der Waals surface area contributed by atoms with E-state index < -0.39 is 0 Å². The monoisotopic (exact) mass is 325 g/mol. The smallest absolute Gasteiger partial charge is 0.281 e. The van der Waals surface area contributed by atoms with Crippen LogP contribution in [0.1, 0.15) is 24.3 Å². The van der Waals surface area contributed by atoms with E-state index in [4.69, 9.17) is 4.74 Å². The Morgan fingerprint density at radius 3 is 2.58 bits per heavy atom. The number of para-hydroxylation sites is 2. The molecule has 6 nitrogen and oxygen atoms in total. The summed E-state index contributed by atoms with van der Waals surface area (Å²) in [5.41, 5.74) is 1.59. The first-order valence-electron chi connectivity index (χ1n) is 7.78. The van der Waals surface area contributed by atoms with Crippen LogP contribution in [0.5, 0.6) is 5.75 Å². The van der Waals surface area contributed by atoms with Crippen molar-refractivity contribution >= 4 is 23.2 Å². The minimum Gasteiger partial charge on any atom is -0.489 e. The van der Waals surface area contributed by atoms with E-state index in [-0.39, 0.29) is 30.2 Å². The van der Waals surface area contributed by atoms with Gasteiger partial charge in [0.1, 0.15) is 6.54 Å². The zero-order valence-corrected chi connectivity index (χ0v) is 13.9. The molecule has 0 saturated carbocycles.